The van der Waals surface area contributed by atoms with Gasteiger partial charge in [-0.05, 0) is 30.7 Å². The zero-order valence-electron chi connectivity index (χ0n) is 11.2. The van der Waals surface area contributed by atoms with Crippen LogP contribution in [0, 0.1) is 5.92 Å². The number of hydrogen-bond acceptors (Lipinski definition) is 4. The van der Waals surface area contributed by atoms with Gasteiger partial charge in [0, 0.05) is 18.7 Å². The molecule has 0 spiro atoms. The molecule has 0 saturated carbocycles. The second-order valence-corrected chi connectivity index (χ2v) is 4.96. The van der Waals surface area contributed by atoms with Crippen molar-refractivity contribution in [2.75, 3.05) is 13.1 Å². The summed E-state index contributed by atoms with van der Waals surface area (Å²) in [5.41, 5.74) is 1.36. The first-order valence-electron chi connectivity index (χ1n) is 6.62. The van der Waals surface area contributed by atoms with Crippen LogP contribution in [0.25, 0.3) is 5.69 Å². The molecular weight excluding hydrogens is 272 g/mol. The van der Waals surface area contributed by atoms with Crippen molar-refractivity contribution < 1.29 is 14.7 Å². The van der Waals surface area contributed by atoms with Crippen LogP contribution in [0.4, 0.5) is 0 Å². The lowest BCUT2D eigenvalue weighted by Gasteiger charge is -2.16. The molecule has 0 bridgehead atoms. The number of amides is 1. The van der Waals surface area contributed by atoms with E-state index in [0.29, 0.717) is 18.5 Å². The minimum absolute atomic E-state index is 0.135. The Labute approximate surface area is 120 Å². The summed E-state index contributed by atoms with van der Waals surface area (Å²) in [5.74, 6) is -1.43. The highest BCUT2D eigenvalue weighted by Crippen LogP contribution is 2.19. The Morgan fingerprint density at radius 2 is 2.00 bits per heavy atom. The van der Waals surface area contributed by atoms with Crippen LogP contribution < -0.4 is 0 Å². The fraction of sp³-hybridized carbons (Fsp3) is 0.286. The number of aliphatic carboxylic acids is 1. The first-order chi connectivity index (χ1) is 10.1. The molecule has 1 N–H and O–H groups in total. The fourth-order valence-electron chi connectivity index (χ4n) is 2.43. The van der Waals surface area contributed by atoms with Gasteiger partial charge in [0.25, 0.3) is 5.91 Å². The summed E-state index contributed by atoms with van der Waals surface area (Å²) in [5, 5.41) is 13.0. The molecule has 0 unspecified atom stereocenters. The molecule has 0 aliphatic carbocycles. The Morgan fingerprint density at radius 3 is 2.57 bits per heavy atom. The van der Waals surface area contributed by atoms with Crippen LogP contribution in [0.1, 0.15) is 16.8 Å². The molecule has 1 atom stereocenters. The maximum absolute atomic E-state index is 12.3. The van der Waals surface area contributed by atoms with Crippen LogP contribution in [0.3, 0.4) is 0 Å². The van der Waals surface area contributed by atoms with Crippen molar-refractivity contribution in [1.82, 2.24) is 19.7 Å². The number of nitrogens with zero attached hydrogens (tertiary/aromatic N) is 4. The van der Waals surface area contributed by atoms with Gasteiger partial charge in [-0.15, -0.1) is 0 Å². The number of carbonyl (C=O) groups is 2. The van der Waals surface area contributed by atoms with Gasteiger partial charge in [0.05, 0.1) is 11.6 Å². The predicted molar refractivity (Wildman–Crippen MR) is 73.0 cm³/mol. The zero-order valence-corrected chi connectivity index (χ0v) is 11.2. The minimum atomic E-state index is -0.841. The number of carboxylic acids is 1. The number of carboxylic acid groups (broad SMARTS) is 1. The molecule has 1 amide bonds. The highest BCUT2D eigenvalue weighted by molar-refractivity contribution is 5.95. The monoisotopic (exact) mass is 286 g/mol. The summed E-state index contributed by atoms with van der Waals surface area (Å²) in [6.07, 6.45) is 3.53. The maximum Gasteiger partial charge on any atom is 0.308 e. The summed E-state index contributed by atoms with van der Waals surface area (Å²) in [6, 6.07) is 7.00. The van der Waals surface area contributed by atoms with Crippen LogP contribution in [0.5, 0.6) is 0 Å². The van der Waals surface area contributed by atoms with Crippen molar-refractivity contribution in [1.29, 1.82) is 0 Å². The van der Waals surface area contributed by atoms with Crippen molar-refractivity contribution in [2.24, 2.45) is 5.92 Å². The number of rotatable bonds is 3. The van der Waals surface area contributed by atoms with E-state index in [1.165, 1.54) is 6.33 Å². The lowest BCUT2D eigenvalue weighted by atomic mass is 10.1. The van der Waals surface area contributed by atoms with E-state index in [9.17, 15) is 9.59 Å². The number of likely N-dealkylation sites (tertiary alicyclic amines) is 1. The Kier molecular flexibility index (Phi) is 3.39. The third-order valence-corrected chi connectivity index (χ3v) is 3.62. The van der Waals surface area contributed by atoms with Gasteiger partial charge in [0.15, 0.2) is 0 Å². The average molecular weight is 286 g/mol. The minimum Gasteiger partial charge on any atom is -0.481 e. The smallest absolute Gasteiger partial charge is 0.308 e. The van der Waals surface area contributed by atoms with Crippen molar-refractivity contribution in [3.63, 3.8) is 0 Å². The van der Waals surface area contributed by atoms with Gasteiger partial charge in [-0.1, -0.05) is 0 Å². The lowest BCUT2D eigenvalue weighted by molar-refractivity contribution is -0.141. The van der Waals surface area contributed by atoms with Crippen molar-refractivity contribution >= 4 is 11.9 Å². The highest BCUT2D eigenvalue weighted by Gasteiger charge is 2.31. The van der Waals surface area contributed by atoms with Gasteiger partial charge in [-0.25, -0.2) is 9.67 Å². The van der Waals surface area contributed by atoms with Crippen LogP contribution in [-0.4, -0.2) is 49.7 Å². The maximum atomic E-state index is 12.3. The van der Waals surface area contributed by atoms with E-state index in [1.54, 1.807) is 40.2 Å². The number of hydrogen-bond donors (Lipinski definition) is 1. The molecule has 2 heterocycles. The molecule has 21 heavy (non-hydrogen) atoms. The van der Waals surface area contributed by atoms with Crippen LogP contribution in [-0.2, 0) is 4.79 Å². The third kappa shape index (κ3) is 2.62. The SMILES string of the molecule is O=C(O)[C@H]1CCN(C(=O)c2ccc(-n3cncn3)cc2)C1. The van der Waals surface area contributed by atoms with E-state index >= 15 is 0 Å². The summed E-state index contributed by atoms with van der Waals surface area (Å²) in [6.45, 7) is 0.764. The molecule has 108 valence electrons. The van der Waals surface area contributed by atoms with Gasteiger partial charge in [0.2, 0.25) is 0 Å². The summed E-state index contributed by atoms with van der Waals surface area (Å²) in [7, 11) is 0. The summed E-state index contributed by atoms with van der Waals surface area (Å²) >= 11 is 0. The molecule has 1 fully saturated rings. The van der Waals surface area contributed by atoms with E-state index in [2.05, 4.69) is 10.1 Å². The van der Waals surface area contributed by atoms with Gasteiger partial charge in [-0.3, -0.25) is 9.59 Å². The Bertz CT molecular complexity index is 651. The van der Waals surface area contributed by atoms with E-state index in [1.807, 2.05) is 0 Å². The predicted octanol–water partition coefficient (Wildman–Crippen LogP) is 0.814. The average Bonchev–Trinajstić information content (AvgIpc) is 3.18. The summed E-state index contributed by atoms with van der Waals surface area (Å²) < 4.78 is 1.60. The van der Waals surface area contributed by atoms with Crippen LogP contribution >= 0.6 is 0 Å². The van der Waals surface area contributed by atoms with Gasteiger partial charge < -0.3 is 10.0 Å². The molecule has 2 aromatic rings. The lowest BCUT2D eigenvalue weighted by Crippen LogP contribution is -2.29. The Hall–Kier alpha value is -2.70. The van der Waals surface area contributed by atoms with Gasteiger partial charge >= 0.3 is 5.97 Å². The molecule has 1 aromatic heterocycles. The van der Waals surface area contributed by atoms with E-state index in [0.717, 1.165) is 5.69 Å². The van der Waals surface area contributed by atoms with Crippen molar-refractivity contribution in [2.45, 2.75) is 6.42 Å². The Morgan fingerprint density at radius 1 is 1.24 bits per heavy atom. The zero-order chi connectivity index (χ0) is 14.8. The molecule has 0 radical (unpaired) electrons. The van der Waals surface area contributed by atoms with E-state index in [-0.39, 0.29) is 12.5 Å². The highest BCUT2D eigenvalue weighted by atomic mass is 16.4. The first-order valence-corrected chi connectivity index (χ1v) is 6.62. The first kappa shape index (κ1) is 13.3. The quantitative estimate of drug-likeness (QED) is 0.902. The molecule has 3 rings (SSSR count). The number of aromatic nitrogens is 3. The number of benzene rings is 1. The van der Waals surface area contributed by atoms with Crippen LogP contribution in [0.2, 0.25) is 0 Å². The van der Waals surface area contributed by atoms with Crippen LogP contribution in [0.15, 0.2) is 36.9 Å². The molecule has 7 nitrogen and oxygen atoms in total. The largest absolute Gasteiger partial charge is 0.481 e. The number of carbonyl (C=O) groups excluding carboxylic acids is 1. The second kappa shape index (κ2) is 5.35. The topological polar surface area (TPSA) is 88.3 Å². The summed E-state index contributed by atoms with van der Waals surface area (Å²) in [4.78, 5) is 28.7. The molecule has 1 aliphatic heterocycles. The fourth-order valence-corrected chi connectivity index (χ4v) is 2.43. The Balaban J connectivity index is 1.72. The molecule has 1 aromatic carbocycles. The van der Waals surface area contributed by atoms with E-state index < -0.39 is 11.9 Å². The molecular formula is C14H14N4O3. The van der Waals surface area contributed by atoms with Gasteiger partial charge in [-0.2, -0.15) is 5.10 Å². The van der Waals surface area contributed by atoms with Gasteiger partial charge in [0.1, 0.15) is 12.7 Å². The second-order valence-electron chi connectivity index (χ2n) is 4.96. The molecule has 7 heteroatoms. The molecule has 1 aliphatic rings. The van der Waals surface area contributed by atoms with E-state index in [4.69, 9.17) is 5.11 Å². The third-order valence-electron chi connectivity index (χ3n) is 3.62. The molecule has 1 saturated heterocycles. The van der Waals surface area contributed by atoms with Crippen molar-refractivity contribution in [3.05, 3.63) is 42.5 Å². The van der Waals surface area contributed by atoms with Crippen molar-refractivity contribution in [3.8, 4) is 5.69 Å². The normalized spacial score (nSPS) is 17.9. The standard InChI is InChI=1S/C14H14N4O3/c19-13(17-6-5-11(7-17)14(20)21)10-1-3-12(4-2-10)18-9-15-8-16-18/h1-4,8-9,11H,5-7H2,(H,20,21)/t11-/m0/s1.